The molecule has 6 nitrogen and oxygen atoms in total. The molecule has 1 heterocycles. The second-order valence-electron chi connectivity index (χ2n) is 4.85. The van der Waals surface area contributed by atoms with Crippen LogP contribution in [0.4, 0.5) is 5.69 Å². The lowest BCUT2D eigenvalue weighted by Gasteiger charge is -2.05. The molecule has 0 saturated heterocycles. The molecule has 0 spiro atoms. The van der Waals surface area contributed by atoms with Crippen LogP contribution in [-0.4, -0.2) is 26.8 Å². The van der Waals surface area contributed by atoms with E-state index in [4.69, 9.17) is 5.11 Å². The summed E-state index contributed by atoms with van der Waals surface area (Å²) in [6.45, 7) is 1.78. The summed E-state index contributed by atoms with van der Waals surface area (Å²) in [5, 5.41) is 15.6. The topological polar surface area (TPSA) is 84.2 Å². The number of anilines is 1. The van der Waals surface area contributed by atoms with E-state index in [0.29, 0.717) is 23.4 Å². The van der Waals surface area contributed by atoms with E-state index in [1.54, 1.807) is 37.0 Å². The average Bonchev–Trinajstić information content (AvgIpc) is 2.77. The number of rotatable bonds is 5. The molecule has 6 heteroatoms. The first-order valence-electron chi connectivity index (χ1n) is 6.58. The first-order chi connectivity index (χ1) is 9.95. The van der Waals surface area contributed by atoms with Crippen molar-refractivity contribution in [3.05, 3.63) is 47.3 Å². The van der Waals surface area contributed by atoms with Crippen LogP contribution < -0.4 is 5.32 Å². The van der Waals surface area contributed by atoms with Crippen molar-refractivity contribution >= 4 is 17.6 Å². The van der Waals surface area contributed by atoms with Crippen molar-refractivity contribution in [2.75, 3.05) is 5.32 Å². The van der Waals surface area contributed by atoms with Crippen molar-refractivity contribution in [2.45, 2.75) is 19.8 Å². The number of carboxylic acids is 1. The lowest BCUT2D eigenvalue weighted by Crippen LogP contribution is -2.12. The summed E-state index contributed by atoms with van der Waals surface area (Å²) in [6.07, 6.45) is 2.25. The van der Waals surface area contributed by atoms with Gasteiger partial charge < -0.3 is 10.4 Å². The Morgan fingerprint density at radius 3 is 2.48 bits per heavy atom. The number of nitrogens with zero attached hydrogens (tertiary/aromatic N) is 2. The smallest absolute Gasteiger partial charge is 0.303 e. The standard InChI is InChI=1S/C15H17N3O3/c1-10-13(9-18(2)17-10)15(21)16-12-6-3-11(4-7-12)5-8-14(19)20/h3-4,6-7,9H,5,8H2,1-2H3,(H,16,21)(H,19,20). The van der Waals surface area contributed by atoms with Crippen LogP contribution in [0.15, 0.2) is 30.5 Å². The third-order valence-corrected chi connectivity index (χ3v) is 3.10. The highest BCUT2D eigenvalue weighted by Gasteiger charge is 2.12. The molecule has 1 amide bonds. The van der Waals surface area contributed by atoms with Crippen molar-refractivity contribution in [3.8, 4) is 0 Å². The van der Waals surface area contributed by atoms with E-state index in [1.807, 2.05) is 12.1 Å². The van der Waals surface area contributed by atoms with Gasteiger partial charge >= 0.3 is 5.97 Å². The first kappa shape index (κ1) is 14.8. The minimum Gasteiger partial charge on any atom is -0.481 e. The molecule has 0 radical (unpaired) electrons. The molecule has 110 valence electrons. The van der Waals surface area contributed by atoms with Crippen LogP contribution in [0, 0.1) is 6.92 Å². The van der Waals surface area contributed by atoms with Crippen molar-refractivity contribution in [3.63, 3.8) is 0 Å². The van der Waals surface area contributed by atoms with Gasteiger partial charge in [-0.15, -0.1) is 0 Å². The van der Waals surface area contributed by atoms with Crippen molar-refractivity contribution in [2.24, 2.45) is 7.05 Å². The first-order valence-corrected chi connectivity index (χ1v) is 6.58. The molecule has 0 atom stereocenters. The molecule has 0 saturated carbocycles. The Labute approximate surface area is 122 Å². The van der Waals surface area contributed by atoms with E-state index in [2.05, 4.69) is 10.4 Å². The summed E-state index contributed by atoms with van der Waals surface area (Å²) in [4.78, 5) is 22.6. The van der Waals surface area contributed by atoms with E-state index >= 15 is 0 Å². The van der Waals surface area contributed by atoms with Crippen LogP contribution in [0.25, 0.3) is 0 Å². The molecule has 0 bridgehead atoms. The van der Waals surface area contributed by atoms with Gasteiger partial charge in [-0.3, -0.25) is 14.3 Å². The highest BCUT2D eigenvalue weighted by Crippen LogP contribution is 2.13. The second-order valence-corrected chi connectivity index (χ2v) is 4.85. The van der Waals surface area contributed by atoms with Crippen molar-refractivity contribution in [1.29, 1.82) is 0 Å². The SMILES string of the molecule is Cc1nn(C)cc1C(=O)Nc1ccc(CCC(=O)O)cc1. The fourth-order valence-corrected chi connectivity index (χ4v) is 2.03. The van der Waals surface area contributed by atoms with Gasteiger partial charge in [0.05, 0.1) is 11.3 Å². The predicted octanol–water partition coefficient (Wildman–Crippen LogP) is 2.00. The highest BCUT2D eigenvalue weighted by atomic mass is 16.4. The van der Waals surface area contributed by atoms with Gasteiger partial charge in [0.2, 0.25) is 0 Å². The van der Waals surface area contributed by atoms with E-state index in [1.165, 1.54) is 0 Å². The van der Waals surface area contributed by atoms with Gasteiger partial charge in [0, 0.05) is 25.4 Å². The number of hydrogen-bond donors (Lipinski definition) is 2. The van der Waals surface area contributed by atoms with Crippen molar-refractivity contribution in [1.82, 2.24) is 9.78 Å². The zero-order valence-corrected chi connectivity index (χ0v) is 12.0. The monoisotopic (exact) mass is 287 g/mol. The Hall–Kier alpha value is -2.63. The number of hydrogen-bond acceptors (Lipinski definition) is 3. The van der Waals surface area contributed by atoms with Crippen molar-refractivity contribution < 1.29 is 14.7 Å². The Bertz CT molecular complexity index is 659. The van der Waals surface area contributed by atoms with Crippen LogP contribution in [-0.2, 0) is 18.3 Å². The summed E-state index contributed by atoms with van der Waals surface area (Å²) in [5.74, 6) is -1.03. The maximum absolute atomic E-state index is 12.1. The summed E-state index contributed by atoms with van der Waals surface area (Å²) in [6, 6.07) is 7.16. The molecule has 0 aliphatic heterocycles. The van der Waals surface area contributed by atoms with Gasteiger partial charge in [0.25, 0.3) is 5.91 Å². The number of benzene rings is 1. The van der Waals surface area contributed by atoms with Crippen LogP contribution in [0.3, 0.4) is 0 Å². The van der Waals surface area contributed by atoms with Gasteiger partial charge in [-0.1, -0.05) is 12.1 Å². The quantitative estimate of drug-likeness (QED) is 0.881. The van der Waals surface area contributed by atoms with Crippen LogP contribution in [0.1, 0.15) is 28.0 Å². The molecule has 21 heavy (non-hydrogen) atoms. The van der Waals surface area contributed by atoms with E-state index < -0.39 is 5.97 Å². The lowest BCUT2D eigenvalue weighted by atomic mass is 10.1. The van der Waals surface area contributed by atoms with Gasteiger partial charge in [-0.2, -0.15) is 5.10 Å². The Balaban J connectivity index is 2.01. The normalized spacial score (nSPS) is 10.4. The largest absolute Gasteiger partial charge is 0.481 e. The van der Waals surface area contributed by atoms with Gasteiger partial charge in [-0.25, -0.2) is 0 Å². The van der Waals surface area contributed by atoms with Crippen LogP contribution >= 0.6 is 0 Å². The predicted molar refractivity (Wildman–Crippen MR) is 78.3 cm³/mol. The minimum absolute atomic E-state index is 0.0978. The van der Waals surface area contributed by atoms with E-state index in [9.17, 15) is 9.59 Å². The zero-order chi connectivity index (χ0) is 15.4. The number of carboxylic acid groups (broad SMARTS) is 1. The van der Waals surface area contributed by atoms with E-state index in [-0.39, 0.29) is 12.3 Å². The van der Waals surface area contributed by atoms with Gasteiger partial charge in [0.15, 0.2) is 0 Å². The second kappa shape index (κ2) is 6.21. The Kier molecular flexibility index (Phi) is 4.37. The summed E-state index contributed by atoms with van der Waals surface area (Å²) < 4.78 is 1.60. The summed E-state index contributed by atoms with van der Waals surface area (Å²) in [7, 11) is 1.76. The minimum atomic E-state index is -0.820. The molecule has 0 aliphatic carbocycles. The lowest BCUT2D eigenvalue weighted by molar-refractivity contribution is -0.136. The fourth-order valence-electron chi connectivity index (χ4n) is 2.03. The molecule has 2 aromatic rings. The number of aryl methyl sites for hydroxylation is 3. The molecular formula is C15H17N3O3. The zero-order valence-electron chi connectivity index (χ0n) is 12.0. The Morgan fingerprint density at radius 2 is 1.95 bits per heavy atom. The summed E-state index contributed by atoms with van der Waals surface area (Å²) >= 11 is 0. The highest BCUT2D eigenvalue weighted by molar-refractivity contribution is 6.04. The summed E-state index contributed by atoms with van der Waals surface area (Å²) in [5.41, 5.74) is 2.80. The molecule has 0 fully saturated rings. The number of amides is 1. The maximum atomic E-state index is 12.1. The Morgan fingerprint density at radius 1 is 1.29 bits per heavy atom. The molecule has 0 aliphatic rings. The molecule has 1 aromatic carbocycles. The number of aliphatic carboxylic acids is 1. The average molecular weight is 287 g/mol. The van der Waals surface area contributed by atoms with Gasteiger partial charge in [0.1, 0.15) is 0 Å². The van der Waals surface area contributed by atoms with E-state index in [0.717, 1.165) is 5.56 Å². The fraction of sp³-hybridized carbons (Fsp3) is 0.267. The number of aromatic nitrogens is 2. The number of nitrogens with one attached hydrogen (secondary N) is 1. The molecule has 2 N–H and O–H groups in total. The molecule has 0 unspecified atom stereocenters. The molecule has 2 rings (SSSR count). The molecular weight excluding hydrogens is 270 g/mol. The number of carbonyl (C=O) groups excluding carboxylic acids is 1. The third kappa shape index (κ3) is 3.92. The van der Waals surface area contributed by atoms with Crippen LogP contribution in [0.2, 0.25) is 0 Å². The molecule has 1 aromatic heterocycles. The number of carbonyl (C=O) groups is 2. The third-order valence-electron chi connectivity index (χ3n) is 3.10. The van der Waals surface area contributed by atoms with Gasteiger partial charge in [-0.05, 0) is 31.0 Å². The maximum Gasteiger partial charge on any atom is 0.303 e. The van der Waals surface area contributed by atoms with Crippen LogP contribution in [0.5, 0.6) is 0 Å².